The molecule has 1 atom stereocenters. The van der Waals surface area contributed by atoms with Gasteiger partial charge in [-0.1, -0.05) is 12.1 Å². The van der Waals surface area contributed by atoms with Crippen molar-refractivity contribution < 1.29 is 4.79 Å². The smallest absolute Gasteiger partial charge is 0.244 e. The number of hydrogen-bond acceptors (Lipinski definition) is 5. The van der Waals surface area contributed by atoms with Gasteiger partial charge >= 0.3 is 0 Å². The fraction of sp³-hybridized carbons (Fsp3) is 0.429. The summed E-state index contributed by atoms with van der Waals surface area (Å²) in [7, 11) is 1.78. The van der Waals surface area contributed by atoms with Crippen molar-refractivity contribution in [2.24, 2.45) is 7.05 Å². The number of nitrogens with one attached hydrogen (secondary N) is 2. The molecule has 1 amide bonds. The Kier molecular flexibility index (Phi) is 3.42. The molecule has 1 aliphatic rings. The maximum Gasteiger partial charge on any atom is 0.244 e. The lowest BCUT2D eigenvalue weighted by Gasteiger charge is -2.23. The lowest BCUT2D eigenvalue weighted by molar-refractivity contribution is -0.121. The molecule has 1 unspecified atom stereocenters. The molecule has 1 fully saturated rings. The molecule has 0 spiro atoms. The van der Waals surface area contributed by atoms with Crippen molar-refractivity contribution in [3.05, 3.63) is 24.3 Å². The standard InChI is InChI=1S/C14H18N6O/c1-14(7-4-8-15-14)13(21)16-11-6-3-5-10(9-11)12-17-18-19-20(12)2/h3,5-6,9,15H,4,7-8H2,1-2H3,(H,16,21). The first-order chi connectivity index (χ1) is 10.1. The van der Waals surface area contributed by atoms with E-state index in [1.54, 1.807) is 11.7 Å². The molecule has 0 saturated carbocycles. The summed E-state index contributed by atoms with van der Waals surface area (Å²) < 4.78 is 1.60. The summed E-state index contributed by atoms with van der Waals surface area (Å²) in [4.78, 5) is 12.4. The number of amides is 1. The average molecular weight is 286 g/mol. The molecule has 1 aliphatic heterocycles. The molecule has 21 heavy (non-hydrogen) atoms. The molecule has 0 aliphatic carbocycles. The first kappa shape index (κ1) is 13.7. The van der Waals surface area contributed by atoms with Crippen molar-refractivity contribution in [2.45, 2.75) is 25.3 Å². The topological polar surface area (TPSA) is 84.7 Å². The minimum absolute atomic E-state index is 0.00626. The molecule has 1 saturated heterocycles. The van der Waals surface area contributed by atoms with Crippen LogP contribution in [0.5, 0.6) is 0 Å². The second-order valence-corrected chi connectivity index (χ2v) is 5.52. The van der Waals surface area contributed by atoms with Gasteiger partial charge in [-0.3, -0.25) is 4.79 Å². The highest BCUT2D eigenvalue weighted by molar-refractivity contribution is 5.98. The highest BCUT2D eigenvalue weighted by atomic mass is 16.2. The zero-order chi connectivity index (χ0) is 14.9. The fourth-order valence-corrected chi connectivity index (χ4v) is 2.57. The third kappa shape index (κ3) is 2.64. The van der Waals surface area contributed by atoms with Crippen LogP contribution in [-0.4, -0.2) is 38.2 Å². The number of carbonyl (C=O) groups excluding carboxylic acids is 1. The van der Waals surface area contributed by atoms with Crippen LogP contribution >= 0.6 is 0 Å². The van der Waals surface area contributed by atoms with Gasteiger partial charge in [0.15, 0.2) is 5.82 Å². The number of carbonyl (C=O) groups is 1. The molecule has 2 heterocycles. The Balaban J connectivity index is 1.81. The van der Waals surface area contributed by atoms with E-state index in [2.05, 4.69) is 26.2 Å². The Morgan fingerprint density at radius 1 is 1.48 bits per heavy atom. The lowest BCUT2D eigenvalue weighted by Crippen LogP contribution is -2.47. The third-order valence-electron chi connectivity index (χ3n) is 3.87. The van der Waals surface area contributed by atoms with E-state index in [9.17, 15) is 4.79 Å². The van der Waals surface area contributed by atoms with Gasteiger partial charge in [-0.25, -0.2) is 4.68 Å². The van der Waals surface area contributed by atoms with Crippen molar-refractivity contribution in [1.29, 1.82) is 0 Å². The SMILES string of the molecule is Cn1nnnc1-c1cccc(NC(=O)C2(C)CCCN2)c1. The van der Waals surface area contributed by atoms with E-state index in [1.165, 1.54) is 0 Å². The number of anilines is 1. The Labute approximate surface area is 122 Å². The summed E-state index contributed by atoms with van der Waals surface area (Å²) in [5, 5.41) is 17.6. The van der Waals surface area contributed by atoms with Gasteiger partial charge in [0.1, 0.15) is 0 Å². The Morgan fingerprint density at radius 2 is 2.33 bits per heavy atom. The van der Waals surface area contributed by atoms with Gasteiger partial charge in [0, 0.05) is 18.3 Å². The molecule has 2 N–H and O–H groups in total. The molecule has 7 nitrogen and oxygen atoms in total. The minimum atomic E-state index is -0.484. The summed E-state index contributed by atoms with van der Waals surface area (Å²) in [6.07, 6.45) is 1.88. The van der Waals surface area contributed by atoms with Gasteiger partial charge in [0.25, 0.3) is 0 Å². The summed E-state index contributed by atoms with van der Waals surface area (Å²) in [6, 6.07) is 7.53. The van der Waals surface area contributed by atoms with Crippen LogP contribution in [0.2, 0.25) is 0 Å². The first-order valence-corrected chi connectivity index (χ1v) is 6.98. The number of rotatable bonds is 3. The number of hydrogen-bond donors (Lipinski definition) is 2. The van der Waals surface area contributed by atoms with Crippen LogP contribution in [0.4, 0.5) is 5.69 Å². The van der Waals surface area contributed by atoms with Crippen molar-refractivity contribution in [3.63, 3.8) is 0 Å². The predicted octanol–water partition coefficient (Wildman–Crippen LogP) is 0.958. The number of nitrogens with zero attached hydrogens (tertiary/aromatic N) is 4. The number of aromatic nitrogens is 4. The Bertz CT molecular complexity index is 659. The van der Waals surface area contributed by atoms with Crippen LogP contribution in [0.15, 0.2) is 24.3 Å². The zero-order valence-electron chi connectivity index (χ0n) is 12.1. The van der Waals surface area contributed by atoms with E-state index in [0.29, 0.717) is 5.82 Å². The predicted molar refractivity (Wildman–Crippen MR) is 78.5 cm³/mol. The average Bonchev–Trinajstić information content (AvgIpc) is 3.09. The van der Waals surface area contributed by atoms with E-state index in [-0.39, 0.29) is 5.91 Å². The monoisotopic (exact) mass is 286 g/mol. The van der Waals surface area contributed by atoms with E-state index in [1.807, 2.05) is 31.2 Å². The van der Waals surface area contributed by atoms with Crippen LogP contribution in [0, 0.1) is 0 Å². The highest BCUT2D eigenvalue weighted by Crippen LogP contribution is 2.23. The minimum Gasteiger partial charge on any atom is -0.324 e. The molecular weight excluding hydrogens is 268 g/mol. The second-order valence-electron chi connectivity index (χ2n) is 5.52. The van der Waals surface area contributed by atoms with Crippen LogP contribution in [0.1, 0.15) is 19.8 Å². The molecule has 2 aromatic rings. The fourth-order valence-electron chi connectivity index (χ4n) is 2.57. The van der Waals surface area contributed by atoms with Gasteiger partial charge in [0.2, 0.25) is 5.91 Å². The van der Waals surface area contributed by atoms with Gasteiger partial charge in [-0.15, -0.1) is 5.10 Å². The molecular formula is C14H18N6O. The third-order valence-corrected chi connectivity index (χ3v) is 3.87. The van der Waals surface area contributed by atoms with Crippen molar-refractivity contribution >= 4 is 11.6 Å². The molecule has 7 heteroatoms. The van der Waals surface area contributed by atoms with Gasteiger partial charge in [0.05, 0.1) is 5.54 Å². The van der Waals surface area contributed by atoms with Crippen molar-refractivity contribution in [2.75, 3.05) is 11.9 Å². The summed E-state index contributed by atoms with van der Waals surface area (Å²) >= 11 is 0. The Hall–Kier alpha value is -2.28. The van der Waals surface area contributed by atoms with Gasteiger partial charge in [-0.2, -0.15) is 0 Å². The van der Waals surface area contributed by atoms with E-state index < -0.39 is 5.54 Å². The zero-order valence-corrected chi connectivity index (χ0v) is 12.1. The van der Waals surface area contributed by atoms with Crippen LogP contribution in [-0.2, 0) is 11.8 Å². The molecule has 0 bridgehead atoms. The molecule has 1 aromatic carbocycles. The second kappa shape index (κ2) is 5.25. The van der Waals surface area contributed by atoms with Crippen LogP contribution in [0.3, 0.4) is 0 Å². The molecule has 3 rings (SSSR count). The number of benzene rings is 1. The maximum atomic E-state index is 12.4. The largest absolute Gasteiger partial charge is 0.324 e. The van der Waals surface area contributed by atoms with Crippen molar-refractivity contribution in [1.82, 2.24) is 25.5 Å². The molecule has 1 aromatic heterocycles. The summed E-state index contributed by atoms with van der Waals surface area (Å²) in [6.45, 7) is 2.82. The van der Waals surface area contributed by atoms with Gasteiger partial charge in [-0.05, 0) is 48.9 Å². The first-order valence-electron chi connectivity index (χ1n) is 6.98. The molecule has 110 valence electrons. The maximum absolute atomic E-state index is 12.4. The number of aryl methyl sites for hydroxylation is 1. The van der Waals surface area contributed by atoms with E-state index in [0.717, 1.165) is 30.6 Å². The highest BCUT2D eigenvalue weighted by Gasteiger charge is 2.35. The number of tetrazole rings is 1. The quantitative estimate of drug-likeness (QED) is 0.878. The molecule has 0 radical (unpaired) electrons. The van der Waals surface area contributed by atoms with Crippen molar-refractivity contribution in [3.8, 4) is 11.4 Å². The van der Waals surface area contributed by atoms with E-state index >= 15 is 0 Å². The van der Waals surface area contributed by atoms with Crippen LogP contribution < -0.4 is 10.6 Å². The summed E-state index contributed by atoms with van der Waals surface area (Å²) in [5.74, 6) is 0.657. The lowest BCUT2D eigenvalue weighted by atomic mass is 9.99. The van der Waals surface area contributed by atoms with Crippen LogP contribution in [0.25, 0.3) is 11.4 Å². The van der Waals surface area contributed by atoms with Gasteiger partial charge < -0.3 is 10.6 Å². The Morgan fingerprint density at radius 3 is 3.00 bits per heavy atom. The summed E-state index contributed by atoms with van der Waals surface area (Å²) in [5.41, 5.74) is 1.13. The van der Waals surface area contributed by atoms with E-state index in [4.69, 9.17) is 0 Å². The normalized spacial score (nSPS) is 21.4.